The van der Waals surface area contributed by atoms with Gasteiger partial charge in [-0.25, -0.2) is 4.79 Å². The van der Waals surface area contributed by atoms with Gasteiger partial charge in [0, 0.05) is 21.1 Å². The number of fused-ring (bicyclic) bond motifs is 3. The maximum Gasteiger partial charge on any atom is 0.326 e. The summed E-state index contributed by atoms with van der Waals surface area (Å²) in [5, 5.41) is 12.6. The maximum atomic E-state index is 11.4. The molecule has 0 saturated heterocycles. The molecule has 0 bridgehead atoms. The van der Waals surface area contributed by atoms with Crippen LogP contribution < -0.4 is 5.32 Å². The zero-order chi connectivity index (χ0) is 12.9. The molecule has 0 radical (unpaired) electrons. The number of anilines is 1. The molecule has 1 aliphatic carbocycles. The van der Waals surface area contributed by atoms with E-state index in [0.717, 1.165) is 17.7 Å². The van der Waals surface area contributed by atoms with Crippen LogP contribution in [0.5, 0.6) is 0 Å². The van der Waals surface area contributed by atoms with Crippen LogP contribution in [-0.2, 0) is 4.79 Å². The molecule has 2 aliphatic rings. The summed E-state index contributed by atoms with van der Waals surface area (Å²) >= 11 is 2.32. The normalized spacial score (nSPS) is 28.4. The first-order valence-electron chi connectivity index (χ1n) is 6.04. The fourth-order valence-electron chi connectivity index (χ4n) is 3.09. The lowest BCUT2D eigenvalue weighted by molar-refractivity contribution is -0.139. The Morgan fingerprint density at radius 2 is 2.28 bits per heavy atom. The molecular weight excluding hydrogens is 341 g/mol. The number of hydrogen-bond donors (Lipinski definition) is 2. The maximum absolute atomic E-state index is 11.4. The van der Waals surface area contributed by atoms with Crippen molar-refractivity contribution in [1.29, 1.82) is 0 Å². The molecule has 0 amide bonds. The SMILES string of the molecule is Cc1cc(I)cc2c1N[C@@H](C(=O)O)[C@@H]1CC=C[C@H]21. The van der Waals surface area contributed by atoms with Crippen molar-refractivity contribution >= 4 is 34.2 Å². The second kappa shape index (κ2) is 4.26. The van der Waals surface area contributed by atoms with Gasteiger partial charge in [-0.3, -0.25) is 0 Å². The van der Waals surface area contributed by atoms with Gasteiger partial charge >= 0.3 is 5.97 Å². The highest BCUT2D eigenvalue weighted by atomic mass is 127. The van der Waals surface area contributed by atoms with E-state index in [-0.39, 0.29) is 11.8 Å². The quantitative estimate of drug-likeness (QED) is 0.601. The summed E-state index contributed by atoms with van der Waals surface area (Å²) in [4.78, 5) is 11.4. The number of benzene rings is 1. The Hall–Kier alpha value is -1.04. The molecule has 0 saturated carbocycles. The third-order valence-corrected chi connectivity index (χ3v) is 4.52. The Labute approximate surface area is 119 Å². The number of carboxylic acid groups (broad SMARTS) is 1. The van der Waals surface area contributed by atoms with Crippen LogP contribution in [0.15, 0.2) is 24.3 Å². The molecule has 1 aromatic carbocycles. The van der Waals surface area contributed by atoms with Crippen LogP contribution in [0, 0.1) is 16.4 Å². The third-order valence-electron chi connectivity index (χ3n) is 3.90. The van der Waals surface area contributed by atoms with Crippen LogP contribution in [0.2, 0.25) is 0 Å². The van der Waals surface area contributed by atoms with Gasteiger partial charge in [0.25, 0.3) is 0 Å². The van der Waals surface area contributed by atoms with E-state index in [0.29, 0.717) is 0 Å². The molecule has 0 fully saturated rings. The van der Waals surface area contributed by atoms with Crippen molar-refractivity contribution in [2.24, 2.45) is 5.92 Å². The van der Waals surface area contributed by atoms with E-state index >= 15 is 0 Å². The van der Waals surface area contributed by atoms with Crippen LogP contribution in [0.3, 0.4) is 0 Å². The number of carbonyl (C=O) groups is 1. The molecular formula is C14H14INO2. The Bertz CT molecular complexity index is 553. The summed E-state index contributed by atoms with van der Waals surface area (Å²) in [6.07, 6.45) is 5.12. The number of aryl methyl sites for hydroxylation is 1. The van der Waals surface area contributed by atoms with E-state index in [2.05, 4.69) is 52.2 Å². The highest BCUT2D eigenvalue weighted by Crippen LogP contribution is 2.46. The Balaban J connectivity index is 2.14. The van der Waals surface area contributed by atoms with Crippen molar-refractivity contribution in [2.45, 2.75) is 25.3 Å². The second-order valence-corrected chi connectivity index (χ2v) is 6.25. The average molecular weight is 355 g/mol. The first-order chi connectivity index (χ1) is 8.58. The lowest BCUT2D eigenvalue weighted by atomic mass is 9.78. The number of allylic oxidation sites excluding steroid dienone is 2. The van der Waals surface area contributed by atoms with Crippen molar-refractivity contribution in [3.05, 3.63) is 39.0 Å². The molecule has 3 atom stereocenters. The fraction of sp³-hybridized carbons (Fsp3) is 0.357. The smallest absolute Gasteiger partial charge is 0.326 e. The summed E-state index contributed by atoms with van der Waals surface area (Å²) in [6, 6.07) is 3.78. The molecule has 0 unspecified atom stereocenters. The Morgan fingerprint density at radius 1 is 1.50 bits per heavy atom. The van der Waals surface area contributed by atoms with E-state index in [1.807, 2.05) is 6.92 Å². The van der Waals surface area contributed by atoms with Gasteiger partial charge in [0.05, 0.1) is 0 Å². The van der Waals surface area contributed by atoms with Crippen molar-refractivity contribution in [3.63, 3.8) is 0 Å². The average Bonchev–Trinajstić information content (AvgIpc) is 2.76. The van der Waals surface area contributed by atoms with E-state index in [1.54, 1.807) is 0 Å². The van der Waals surface area contributed by atoms with Crippen LogP contribution in [0.25, 0.3) is 0 Å². The lowest BCUT2D eigenvalue weighted by Crippen LogP contribution is -2.42. The van der Waals surface area contributed by atoms with Gasteiger partial charge in [-0.1, -0.05) is 12.2 Å². The third kappa shape index (κ3) is 1.74. The Morgan fingerprint density at radius 3 is 3.00 bits per heavy atom. The van der Waals surface area contributed by atoms with Crippen molar-refractivity contribution in [3.8, 4) is 0 Å². The van der Waals surface area contributed by atoms with Crippen LogP contribution in [0.1, 0.15) is 23.5 Å². The minimum Gasteiger partial charge on any atom is -0.480 e. The molecule has 94 valence electrons. The molecule has 1 aliphatic heterocycles. The van der Waals surface area contributed by atoms with Gasteiger partial charge in [-0.2, -0.15) is 0 Å². The number of carboxylic acids is 1. The van der Waals surface area contributed by atoms with Crippen molar-refractivity contribution in [1.82, 2.24) is 0 Å². The van der Waals surface area contributed by atoms with Gasteiger partial charge < -0.3 is 10.4 Å². The van der Waals surface area contributed by atoms with Crippen LogP contribution >= 0.6 is 22.6 Å². The van der Waals surface area contributed by atoms with E-state index < -0.39 is 12.0 Å². The first-order valence-corrected chi connectivity index (χ1v) is 7.12. The number of hydrogen-bond acceptors (Lipinski definition) is 2. The molecule has 2 N–H and O–H groups in total. The van der Waals surface area contributed by atoms with E-state index in [4.69, 9.17) is 0 Å². The van der Waals surface area contributed by atoms with Gasteiger partial charge in [-0.05, 0) is 59.2 Å². The summed E-state index contributed by atoms with van der Waals surface area (Å²) < 4.78 is 1.21. The predicted octanol–water partition coefficient (Wildman–Crippen LogP) is 3.14. The summed E-state index contributed by atoms with van der Waals surface area (Å²) in [6.45, 7) is 2.03. The van der Waals surface area contributed by atoms with E-state index in [9.17, 15) is 9.90 Å². The minimum absolute atomic E-state index is 0.146. The zero-order valence-corrected chi connectivity index (χ0v) is 12.1. The molecule has 18 heavy (non-hydrogen) atoms. The standard InChI is InChI=1S/C14H14INO2/c1-7-5-8(15)6-11-9-3-2-4-10(9)13(14(17)18)16-12(7)11/h2-3,5-6,9-10,13,16H,4H2,1H3,(H,17,18)/t9-,10+,13+/m0/s1. The largest absolute Gasteiger partial charge is 0.480 e. The van der Waals surface area contributed by atoms with Crippen LogP contribution in [-0.4, -0.2) is 17.1 Å². The lowest BCUT2D eigenvalue weighted by Gasteiger charge is -2.35. The highest BCUT2D eigenvalue weighted by Gasteiger charge is 2.41. The molecule has 3 nitrogen and oxygen atoms in total. The fourth-order valence-corrected chi connectivity index (χ4v) is 3.89. The zero-order valence-electron chi connectivity index (χ0n) is 9.98. The second-order valence-electron chi connectivity index (χ2n) is 5.00. The first kappa shape index (κ1) is 12.0. The van der Waals surface area contributed by atoms with Gasteiger partial charge in [0.15, 0.2) is 0 Å². The number of halogens is 1. The molecule has 0 spiro atoms. The number of rotatable bonds is 1. The molecule has 1 heterocycles. The molecule has 3 rings (SSSR count). The summed E-state index contributed by atoms with van der Waals surface area (Å²) in [7, 11) is 0. The number of nitrogens with one attached hydrogen (secondary N) is 1. The van der Waals surface area contributed by atoms with E-state index in [1.165, 1.54) is 9.13 Å². The highest BCUT2D eigenvalue weighted by molar-refractivity contribution is 14.1. The minimum atomic E-state index is -0.752. The van der Waals surface area contributed by atoms with Gasteiger partial charge in [0.2, 0.25) is 0 Å². The predicted molar refractivity (Wildman–Crippen MR) is 78.9 cm³/mol. The van der Waals surface area contributed by atoms with Gasteiger partial charge in [-0.15, -0.1) is 0 Å². The van der Waals surface area contributed by atoms with Crippen LogP contribution in [0.4, 0.5) is 5.69 Å². The molecule has 1 aromatic rings. The van der Waals surface area contributed by atoms with Gasteiger partial charge in [0.1, 0.15) is 6.04 Å². The molecule has 0 aromatic heterocycles. The van der Waals surface area contributed by atoms with Crippen molar-refractivity contribution < 1.29 is 9.90 Å². The monoisotopic (exact) mass is 355 g/mol. The summed E-state index contributed by atoms with van der Waals surface area (Å²) in [5.74, 6) is -0.360. The Kier molecular flexibility index (Phi) is 2.84. The number of aliphatic carboxylic acids is 1. The molecule has 4 heteroatoms. The van der Waals surface area contributed by atoms with Crippen molar-refractivity contribution in [2.75, 3.05) is 5.32 Å². The topological polar surface area (TPSA) is 49.3 Å². The summed E-state index contributed by atoms with van der Waals surface area (Å²) in [5.41, 5.74) is 3.38.